The van der Waals surface area contributed by atoms with Gasteiger partial charge < -0.3 is 14.2 Å². The topological polar surface area (TPSA) is 64.3 Å². The Morgan fingerprint density at radius 1 is 1.45 bits per heavy atom. The van der Waals surface area contributed by atoms with Crippen LogP contribution in [0.2, 0.25) is 0 Å². The molecule has 7 heteroatoms. The van der Waals surface area contributed by atoms with E-state index in [-0.39, 0.29) is 12.1 Å². The molecular formula is C15H21N5O2. The molecule has 118 valence electrons. The summed E-state index contributed by atoms with van der Waals surface area (Å²) in [5.41, 5.74) is 1.16. The first-order valence-electron chi connectivity index (χ1n) is 7.37. The summed E-state index contributed by atoms with van der Waals surface area (Å²) in [5, 5.41) is 7.07. The summed E-state index contributed by atoms with van der Waals surface area (Å²) in [6, 6.07) is 5.81. The van der Waals surface area contributed by atoms with Gasteiger partial charge in [-0.2, -0.15) is 0 Å². The number of aryl methyl sites for hydroxylation is 2. The third-order valence-electron chi connectivity index (χ3n) is 4.14. The molecule has 3 heterocycles. The van der Waals surface area contributed by atoms with Gasteiger partial charge in [0.05, 0.1) is 13.2 Å². The zero-order valence-corrected chi connectivity index (χ0v) is 13.1. The van der Waals surface area contributed by atoms with Gasteiger partial charge in [-0.25, -0.2) is 9.48 Å². The van der Waals surface area contributed by atoms with E-state index >= 15 is 0 Å². The van der Waals surface area contributed by atoms with Crippen molar-refractivity contribution in [1.29, 1.82) is 0 Å². The van der Waals surface area contributed by atoms with E-state index in [1.807, 2.05) is 24.2 Å². The van der Waals surface area contributed by atoms with Crippen LogP contribution in [-0.2, 0) is 14.1 Å². The van der Waals surface area contributed by atoms with Gasteiger partial charge in [0.15, 0.2) is 0 Å². The van der Waals surface area contributed by atoms with Crippen LogP contribution in [0.15, 0.2) is 24.4 Å². The number of anilines is 1. The molecule has 0 bridgehead atoms. The summed E-state index contributed by atoms with van der Waals surface area (Å²) < 4.78 is 8.75. The van der Waals surface area contributed by atoms with E-state index in [9.17, 15) is 4.79 Å². The summed E-state index contributed by atoms with van der Waals surface area (Å²) in [6.07, 6.45) is 4.01. The van der Waals surface area contributed by atoms with Crippen molar-refractivity contribution in [3.05, 3.63) is 30.1 Å². The Balaban J connectivity index is 1.76. The summed E-state index contributed by atoms with van der Waals surface area (Å²) in [5.74, 6) is 1.11. The predicted octanol–water partition coefficient (Wildman–Crippen LogP) is 2.14. The molecule has 7 nitrogen and oxygen atoms in total. The molecule has 1 fully saturated rings. The fourth-order valence-electron chi connectivity index (χ4n) is 2.98. The van der Waals surface area contributed by atoms with Crippen LogP contribution < -0.4 is 10.1 Å². The van der Waals surface area contributed by atoms with E-state index in [2.05, 4.69) is 21.0 Å². The Morgan fingerprint density at radius 3 is 2.91 bits per heavy atom. The normalized spacial score (nSPS) is 17.8. The number of hydrogen-bond donors (Lipinski definition) is 1. The number of nitrogens with one attached hydrogen (secondary N) is 1. The zero-order valence-electron chi connectivity index (χ0n) is 13.1. The predicted molar refractivity (Wildman–Crippen MR) is 82.9 cm³/mol. The molecule has 2 amide bonds. The Hall–Kier alpha value is -2.44. The second-order valence-electron chi connectivity index (χ2n) is 5.52. The van der Waals surface area contributed by atoms with Gasteiger partial charge in [0.25, 0.3) is 0 Å². The van der Waals surface area contributed by atoms with Gasteiger partial charge in [0, 0.05) is 38.6 Å². The lowest BCUT2D eigenvalue weighted by Crippen LogP contribution is -2.35. The molecule has 2 aromatic rings. The molecular weight excluding hydrogens is 282 g/mol. The highest BCUT2D eigenvalue weighted by Crippen LogP contribution is 2.32. The number of hydrogen-bond acceptors (Lipinski definition) is 3. The molecule has 1 N–H and O–H groups in total. The number of likely N-dealkylation sites (tertiary alicyclic amines) is 1. The number of nitrogens with zero attached hydrogens (tertiary/aromatic N) is 4. The zero-order chi connectivity index (χ0) is 15.7. The van der Waals surface area contributed by atoms with E-state index < -0.39 is 0 Å². The lowest BCUT2D eigenvalue weighted by atomic mass is 10.1. The van der Waals surface area contributed by atoms with Crippen LogP contribution in [0, 0.1) is 0 Å². The highest BCUT2D eigenvalue weighted by molar-refractivity contribution is 5.89. The number of carbonyl (C=O) groups excluding carboxylic acids is 1. The van der Waals surface area contributed by atoms with Crippen LogP contribution in [0.25, 0.3) is 0 Å². The first-order chi connectivity index (χ1) is 10.6. The molecule has 1 atom stereocenters. The van der Waals surface area contributed by atoms with Gasteiger partial charge in [0.2, 0.25) is 5.88 Å². The van der Waals surface area contributed by atoms with E-state index in [4.69, 9.17) is 4.74 Å². The number of carbonyl (C=O) groups is 1. The largest absolute Gasteiger partial charge is 0.480 e. The van der Waals surface area contributed by atoms with Crippen LogP contribution in [0.1, 0.15) is 24.6 Å². The Kier molecular flexibility index (Phi) is 3.79. The average Bonchev–Trinajstić information content (AvgIpc) is 3.19. The molecule has 0 spiro atoms. The number of amides is 2. The summed E-state index contributed by atoms with van der Waals surface area (Å²) in [6.45, 7) is 0.761. The van der Waals surface area contributed by atoms with Crippen molar-refractivity contribution >= 4 is 11.8 Å². The van der Waals surface area contributed by atoms with Gasteiger partial charge in [-0.1, -0.05) is 0 Å². The molecule has 1 unspecified atom stereocenters. The van der Waals surface area contributed by atoms with Crippen molar-refractivity contribution in [1.82, 2.24) is 19.2 Å². The quantitative estimate of drug-likeness (QED) is 0.945. The fourth-order valence-corrected chi connectivity index (χ4v) is 2.98. The number of ether oxygens (including phenoxy) is 1. The lowest BCUT2D eigenvalue weighted by Gasteiger charge is -2.25. The van der Waals surface area contributed by atoms with Gasteiger partial charge in [-0.15, -0.1) is 5.10 Å². The average molecular weight is 303 g/mol. The highest BCUT2D eigenvalue weighted by atomic mass is 16.5. The summed E-state index contributed by atoms with van der Waals surface area (Å²) >= 11 is 0. The maximum atomic E-state index is 12.6. The van der Waals surface area contributed by atoms with E-state index in [1.54, 1.807) is 24.9 Å². The Labute approximate surface area is 129 Å². The van der Waals surface area contributed by atoms with Crippen LogP contribution in [0.3, 0.4) is 0 Å². The van der Waals surface area contributed by atoms with Gasteiger partial charge in [-0.3, -0.25) is 5.32 Å². The van der Waals surface area contributed by atoms with E-state index in [0.29, 0.717) is 11.7 Å². The van der Waals surface area contributed by atoms with Gasteiger partial charge in [0.1, 0.15) is 5.82 Å². The molecule has 1 aliphatic heterocycles. The molecule has 2 aromatic heterocycles. The minimum absolute atomic E-state index is 0.102. The summed E-state index contributed by atoms with van der Waals surface area (Å²) in [7, 11) is 5.34. The molecule has 0 radical (unpaired) electrons. The molecule has 0 aromatic carbocycles. The van der Waals surface area contributed by atoms with Gasteiger partial charge in [-0.05, 0) is 25.0 Å². The number of methoxy groups -OCH3 is 1. The van der Waals surface area contributed by atoms with Crippen LogP contribution in [0.4, 0.5) is 10.6 Å². The second-order valence-corrected chi connectivity index (χ2v) is 5.52. The van der Waals surface area contributed by atoms with Crippen LogP contribution >= 0.6 is 0 Å². The molecule has 0 aliphatic carbocycles. The molecule has 22 heavy (non-hydrogen) atoms. The minimum atomic E-state index is -0.102. The van der Waals surface area contributed by atoms with Crippen molar-refractivity contribution in [2.24, 2.45) is 14.1 Å². The lowest BCUT2D eigenvalue weighted by molar-refractivity contribution is 0.205. The van der Waals surface area contributed by atoms with Gasteiger partial charge >= 0.3 is 6.03 Å². The minimum Gasteiger partial charge on any atom is -0.480 e. The first kappa shape index (κ1) is 14.5. The molecule has 1 aliphatic rings. The summed E-state index contributed by atoms with van der Waals surface area (Å²) in [4.78, 5) is 14.5. The number of aromatic nitrogens is 3. The van der Waals surface area contributed by atoms with Crippen molar-refractivity contribution < 1.29 is 9.53 Å². The Bertz CT molecular complexity index is 675. The van der Waals surface area contributed by atoms with Crippen molar-refractivity contribution in [2.75, 3.05) is 19.0 Å². The fraction of sp³-hybridized carbons (Fsp3) is 0.467. The standard InChI is InChI=1S/C15H21N5O2/c1-18-8-4-6-11(18)12-7-5-9-20(12)15(21)16-13-10-14(22-3)17-19(13)2/h4,6,8,10,12H,5,7,9H2,1-3H3,(H,16,21). The smallest absolute Gasteiger partial charge is 0.323 e. The third kappa shape index (κ3) is 2.54. The molecule has 3 rings (SSSR count). The highest BCUT2D eigenvalue weighted by Gasteiger charge is 2.31. The maximum Gasteiger partial charge on any atom is 0.323 e. The maximum absolute atomic E-state index is 12.6. The van der Waals surface area contributed by atoms with Crippen LogP contribution in [0.5, 0.6) is 5.88 Å². The third-order valence-corrected chi connectivity index (χ3v) is 4.14. The van der Waals surface area contributed by atoms with Crippen molar-refractivity contribution in [3.8, 4) is 5.88 Å². The van der Waals surface area contributed by atoms with E-state index in [0.717, 1.165) is 25.1 Å². The van der Waals surface area contributed by atoms with Crippen LogP contribution in [-0.4, -0.2) is 38.9 Å². The Morgan fingerprint density at radius 2 is 2.27 bits per heavy atom. The monoisotopic (exact) mass is 303 g/mol. The van der Waals surface area contributed by atoms with E-state index in [1.165, 1.54) is 0 Å². The first-order valence-corrected chi connectivity index (χ1v) is 7.37. The number of urea groups is 1. The SMILES string of the molecule is COc1cc(NC(=O)N2CCCC2c2cccn2C)n(C)n1. The number of rotatable bonds is 3. The van der Waals surface area contributed by atoms with Crippen molar-refractivity contribution in [3.63, 3.8) is 0 Å². The van der Waals surface area contributed by atoms with Crippen molar-refractivity contribution in [2.45, 2.75) is 18.9 Å². The molecule has 1 saturated heterocycles. The second kappa shape index (κ2) is 5.75. The molecule has 0 saturated carbocycles.